The summed E-state index contributed by atoms with van der Waals surface area (Å²) in [6.07, 6.45) is -0.0553. The minimum atomic E-state index is -2.03. The van der Waals surface area contributed by atoms with Crippen LogP contribution in [0.5, 0.6) is 0 Å². The second-order valence-electron chi connectivity index (χ2n) is 5.24. The van der Waals surface area contributed by atoms with Gasteiger partial charge in [0.2, 0.25) is 0 Å². The molecule has 0 spiro atoms. The second-order valence-corrected chi connectivity index (χ2v) is 19.7. The first-order valence-corrected chi connectivity index (χ1v) is 15.6. The van der Waals surface area contributed by atoms with Crippen LogP contribution in [0.25, 0.3) is 0 Å². The summed E-state index contributed by atoms with van der Waals surface area (Å²) in [6.45, 7) is 0. The van der Waals surface area contributed by atoms with Crippen molar-refractivity contribution >= 4 is 39.5 Å². The van der Waals surface area contributed by atoms with Crippen molar-refractivity contribution in [2.24, 2.45) is 0 Å². The first kappa shape index (κ1) is 12.4. The number of amides is 2. The van der Waals surface area contributed by atoms with Crippen molar-refractivity contribution in [3.8, 4) is 0 Å². The molecule has 17 heavy (non-hydrogen) atoms. The quantitative estimate of drug-likeness (QED) is 0.646. The molecule has 2 amide bonds. The molecule has 90 valence electrons. The molecule has 1 aliphatic rings. The monoisotopic (exact) mass is 340 g/mol. The fourth-order valence-electron chi connectivity index (χ4n) is 1.76. The van der Waals surface area contributed by atoms with Gasteiger partial charge in [0, 0.05) is 0 Å². The topological polar surface area (TPSA) is 49.4 Å². The normalized spacial score (nSPS) is 16.3. The van der Waals surface area contributed by atoms with Gasteiger partial charge < -0.3 is 0 Å². The molecule has 5 heteroatoms. The Balaban J connectivity index is 2.24. The first-order valence-electron chi connectivity index (χ1n) is 5.61. The Morgan fingerprint density at radius 3 is 2.12 bits per heavy atom. The summed E-state index contributed by atoms with van der Waals surface area (Å²) in [7, 11) is 0. The van der Waals surface area contributed by atoms with E-state index in [1.165, 1.54) is 8.59 Å². The molecule has 0 bridgehead atoms. The van der Waals surface area contributed by atoms with Gasteiger partial charge in [-0.25, -0.2) is 0 Å². The number of hydrazine groups is 1. The standard InChI is InChI=1S/C9H7N2O2.3CH3.Sn/c12-8-6-9(13)11(10-8)7-4-2-1-3-5-7;;;;/h2-5H,6H2,(H,10,12);3*1H3;. The molecule has 0 aliphatic carbocycles. The van der Waals surface area contributed by atoms with Crippen LogP contribution in [0.3, 0.4) is 0 Å². The van der Waals surface area contributed by atoms with Gasteiger partial charge in [0.1, 0.15) is 0 Å². The predicted octanol–water partition coefficient (Wildman–Crippen LogP) is 1.000. The Labute approximate surface area is 105 Å². The summed E-state index contributed by atoms with van der Waals surface area (Å²) in [5.74, 6) is -0.434. The molecule has 1 aromatic rings. The first-order chi connectivity index (χ1) is 7.88. The van der Waals surface area contributed by atoms with E-state index in [1.54, 1.807) is 0 Å². The van der Waals surface area contributed by atoms with Crippen LogP contribution in [0.2, 0.25) is 14.8 Å². The van der Waals surface area contributed by atoms with Gasteiger partial charge in [-0.3, -0.25) is 0 Å². The Morgan fingerprint density at radius 1 is 1.12 bits per heavy atom. The van der Waals surface area contributed by atoms with Crippen molar-refractivity contribution in [3.05, 3.63) is 24.3 Å². The zero-order valence-corrected chi connectivity index (χ0v) is 13.1. The minimum absolute atomic E-state index is 0.0553. The predicted molar refractivity (Wildman–Crippen MR) is 69.7 cm³/mol. The van der Waals surface area contributed by atoms with Crippen LogP contribution in [0.4, 0.5) is 5.69 Å². The Hall–Kier alpha value is -1.04. The van der Waals surface area contributed by atoms with E-state index in [2.05, 4.69) is 32.4 Å². The van der Waals surface area contributed by atoms with Gasteiger partial charge in [-0.2, -0.15) is 0 Å². The number of hydrogen-bond acceptors (Lipinski definition) is 2. The van der Waals surface area contributed by atoms with Crippen LogP contribution in [0.15, 0.2) is 24.3 Å². The molecule has 0 saturated carbocycles. The van der Waals surface area contributed by atoms with E-state index >= 15 is 0 Å². The molecule has 0 radical (unpaired) electrons. The third-order valence-corrected chi connectivity index (χ3v) is 8.68. The van der Waals surface area contributed by atoms with Crippen molar-refractivity contribution in [3.63, 3.8) is 0 Å². The van der Waals surface area contributed by atoms with Gasteiger partial charge in [-0.15, -0.1) is 0 Å². The van der Waals surface area contributed by atoms with Crippen LogP contribution in [0.1, 0.15) is 6.42 Å². The molecule has 4 nitrogen and oxygen atoms in total. The van der Waals surface area contributed by atoms with Crippen molar-refractivity contribution < 1.29 is 9.59 Å². The average Bonchev–Trinajstić information content (AvgIpc) is 2.57. The number of nitrogens with zero attached hydrogens (tertiary/aromatic N) is 1. The molecule has 0 atom stereocenters. The summed E-state index contributed by atoms with van der Waals surface area (Å²) in [6, 6.07) is 7.95. The van der Waals surface area contributed by atoms with E-state index in [0.29, 0.717) is 0 Å². The Bertz CT molecular complexity index is 462. The van der Waals surface area contributed by atoms with Crippen LogP contribution >= 0.6 is 0 Å². The molecule has 1 aliphatic heterocycles. The summed E-state index contributed by atoms with van der Waals surface area (Å²) >= 11 is -2.03. The molecule has 1 N–H and O–H groups in total. The second kappa shape index (κ2) is 4.33. The summed E-state index contributed by atoms with van der Waals surface area (Å²) in [5, 5.41) is 1.32. The molecule has 1 saturated heterocycles. The molecule has 0 aromatic heterocycles. The summed E-state index contributed by atoms with van der Waals surface area (Å²) in [4.78, 5) is 29.6. The van der Waals surface area contributed by atoms with Gasteiger partial charge in [0.15, 0.2) is 0 Å². The third-order valence-electron chi connectivity index (χ3n) is 2.79. The number of carbonyl (C=O) groups is 2. The number of hydrogen-bond donors (Lipinski definition) is 1. The SMILES string of the molecule is [CH3][Sn]([CH3])([CH3])[c]1ccc(N2NC(=O)CC2=O)cc1. The molecule has 1 heterocycles. The van der Waals surface area contributed by atoms with Crippen molar-refractivity contribution in [2.75, 3.05) is 5.01 Å². The van der Waals surface area contributed by atoms with Gasteiger partial charge in [-0.1, -0.05) is 0 Å². The van der Waals surface area contributed by atoms with E-state index in [9.17, 15) is 9.59 Å². The van der Waals surface area contributed by atoms with E-state index in [1.807, 2.05) is 12.1 Å². The fraction of sp³-hybridized carbons (Fsp3) is 0.333. The summed E-state index contributed by atoms with van der Waals surface area (Å²) < 4.78 is 1.40. The fourth-order valence-corrected chi connectivity index (χ4v) is 5.09. The van der Waals surface area contributed by atoms with Gasteiger partial charge in [-0.05, 0) is 0 Å². The van der Waals surface area contributed by atoms with Crippen molar-refractivity contribution in [1.29, 1.82) is 0 Å². The van der Waals surface area contributed by atoms with Crippen molar-refractivity contribution in [1.82, 2.24) is 5.43 Å². The van der Waals surface area contributed by atoms with Crippen LogP contribution in [-0.2, 0) is 9.59 Å². The number of rotatable bonds is 2. The summed E-state index contributed by atoms with van der Waals surface area (Å²) in [5.41, 5.74) is 3.28. The van der Waals surface area contributed by atoms with Crippen LogP contribution in [0, 0.1) is 0 Å². The van der Waals surface area contributed by atoms with E-state index in [4.69, 9.17) is 0 Å². The van der Waals surface area contributed by atoms with Gasteiger partial charge in [0.25, 0.3) is 0 Å². The van der Waals surface area contributed by atoms with Gasteiger partial charge in [0.05, 0.1) is 0 Å². The number of anilines is 1. The van der Waals surface area contributed by atoms with E-state index in [-0.39, 0.29) is 18.2 Å². The van der Waals surface area contributed by atoms with Crippen LogP contribution < -0.4 is 14.0 Å². The maximum atomic E-state index is 11.5. The molecular formula is C12H16N2O2Sn. The average molecular weight is 339 g/mol. The molecular weight excluding hydrogens is 323 g/mol. The molecule has 1 fully saturated rings. The van der Waals surface area contributed by atoms with Crippen LogP contribution in [-0.4, -0.2) is 30.2 Å². The third kappa shape index (κ3) is 2.62. The zero-order valence-electron chi connectivity index (χ0n) is 10.3. The maximum absolute atomic E-state index is 11.5. The number of nitrogens with one attached hydrogen (secondary N) is 1. The molecule has 1 aromatic carbocycles. The van der Waals surface area contributed by atoms with E-state index < -0.39 is 18.4 Å². The van der Waals surface area contributed by atoms with E-state index in [0.717, 1.165) is 5.69 Å². The number of benzene rings is 1. The Kier molecular flexibility index (Phi) is 3.16. The zero-order chi connectivity index (χ0) is 12.6. The Morgan fingerprint density at radius 2 is 1.71 bits per heavy atom. The molecule has 2 rings (SSSR count). The molecule has 0 unspecified atom stereocenters. The number of carbonyl (C=O) groups excluding carboxylic acids is 2. The van der Waals surface area contributed by atoms with Crippen molar-refractivity contribution in [2.45, 2.75) is 21.2 Å². The van der Waals surface area contributed by atoms with Gasteiger partial charge >= 0.3 is 105 Å².